The molecule has 0 aliphatic rings. The summed E-state index contributed by atoms with van der Waals surface area (Å²) < 4.78 is 30.6. The summed E-state index contributed by atoms with van der Waals surface area (Å²) in [6.45, 7) is 0.174. The van der Waals surface area contributed by atoms with Gasteiger partial charge in [0.05, 0.1) is 20.4 Å². The van der Waals surface area contributed by atoms with Crippen LogP contribution in [0.25, 0.3) is 0 Å². The predicted molar refractivity (Wildman–Crippen MR) is 105 cm³/mol. The lowest BCUT2D eigenvalue weighted by Crippen LogP contribution is -2.32. The highest BCUT2D eigenvalue weighted by Gasteiger charge is 2.26. The fourth-order valence-electron chi connectivity index (χ4n) is 2.76. The Bertz CT molecular complexity index is 966. The van der Waals surface area contributed by atoms with Crippen LogP contribution >= 0.6 is 0 Å². The first-order chi connectivity index (χ1) is 14.1. The third kappa shape index (κ3) is 5.01. The van der Waals surface area contributed by atoms with E-state index >= 15 is 0 Å². The van der Waals surface area contributed by atoms with E-state index < -0.39 is 17.8 Å². The van der Waals surface area contributed by atoms with Gasteiger partial charge in [0.25, 0.3) is 5.91 Å². The van der Waals surface area contributed by atoms with Crippen LogP contribution < -0.4 is 19.5 Å². The normalized spacial score (nSPS) is 11.4. The maximum Gasteiger partial charge on any atom is 0.266 e. The fraction of sp³-hybridized carbons (Fsp3) is 0.182. The highest BCUT2D eigenvalue weighted by molar-refractivity contribution is 5.82. The van der Waals surface area contributed by atoms with Crippen LogP contribution in [-0.4, -0.2) is 25.1 Å². The number of ether oxygens (including phenoxy) is 3. The molecule has 0 spiro atoms. The van der Waals surface area contributed by atoms with Gasteiger partial charge >= 0.3 is 0 Å². The highest BCUT2D eigenvalue weighted by atomic mass is 19.1. The first kappa shape index (κ1) is 20.1. The number of halogens is 1. The molecule has 1 amide bonds. The smallest absolute Gasteiger partial charge is 0.266 e. The number of amides is 1. The Hall–Kier alpha value is -3.61. The van der Waals surface area contributed by atoms with Gasteiger partial charge in [-0.2, -0.15) is 0 Å². The van der Waals surface area contributed by atoms with Crippen LogP contribution in [0.15, 0.2) is 67.0 Å². The monoisotopic (exact) mass is 396 g/mol. The van der Waals surface area contributed by atoms with Crippen molar-refractivity contribution in [2.24, 2.45) is 0 Å². The first-order valence-corrected chi connectivity index (χ1v) is 8.92. The summed E-state index contributed by atoms with van der Waals surface area (Å²) in [5.74, 6) is 0.551. The van der Waals surface area contributed by atoms with Crippen molar-refractivity contribution >= 4 is 5.91 Å². The van der Waals surface area contributed by atoms with Crippen molar-refractivity contribution in [3.8, 4) is 17.2 Å². The van der Waals surface area contributed by atoms with Crippen molar-refractivity contribution in [2.45, 2.75) is 12.6 Å². The largest absolute Gasteiger partial charge is 0.497 e. The number of hydrogen-bond donors (Lipinski definition) is 1. The Labute approximate surface area is 168 Å². The molecule has 2 aromatic carbocycles. The molecule has 3 rings (SSSR count). The highest BCUT2D eigenvalue weighted by Crippen LogP contribution is 2.26. The molecule has 7 heteroatoms. The van der Waals surface area contributed by atoms with Crippen LogP contribution in [0, 0.1) is 5.82 Å². The summed E-state index contributed by atoms with van der Waals surface area (Å²) in [6.07, 6.45) is 1.29. The number of carbonyl (C=O) groups is 1. The quantitative estimate of drug-likeness (QED) is 0.629. The minimum Gasteiger partial charge on any atom is -0.497 e. The van der Waals surface area contributed by atoms with Crippen LogP contribution in [-0.2, 0) is 11.3 Å². The van der Waals surface area contributed by atoms with Crippen molar-refractivity contribution in [1.82, 2.24) is 10.3 Å². The summed E-state index contributed by atoms with van der Waals surface area (Å²) in [5, 5.41) is 2.79. The SMILES string of the molecule is COc1ccc(CNC(=O)[C@H](Oc2ccccc2)c2ccncc2F)c(OC)c1. The molecule has 0 bridgehead atoms. The van der Waals surface area contributed by atoms with E-state index in [0.29, 0.717) is 17.2 Å². The van der Waals surface area contributed by atoms with E-state index in [9.17, 15) is 9.18 Å². The van der Waals surface area contributed by atoms with Gasteiger partial charge in [-0.15, -0.1) is 0 Å². The Morgan fingerprint density at radius 1 is 1.07 bits per heavy atom. The van der Waals surface area contributed by atoms with Crippen LogP contribution in [0.3, 0.4) is 0 Å². The molecular weight excluding hydrogens is 375 g/mol. The number of aromatic nitrogens is 1. The van der Waals surface area contributed by atoms with Crippen molar-refractivity contribution in [3.05, 3.63) is 83.9 Å². The van der Waals surface area contributed by atoms with E-state index in [4.69, 9.17) is 14.2 Å². The number of pyridine rings is 1. The number of benzene rings is 2. The fourth-order valence-corrected chi connectivity index (χ4v) is 2.76. The summed E-state index contributed by atoms with van der Waals surface area (Å²) in [7, 11) is 3.10. The van der Waals surface area contributed by atoms with E-state index in [1.165, 1.54) is 19.4 Å². The maximum atomic E-state index is 14.3. The summed E-state index contributed by atoms with van der Waals surface area (Å²) >= 11 is 0. The number of nitrogens with zero attached hydrogens (tertiary/aromatic N) is 1. The lowest BCUT2D eigenvalue weighted by atomic mass is 10.1. The molecule has 0 radical (unpaired) electrons. The summed E-state index contributed by atoms with van der Waals surface area (Å²) in [6, 6.07) is 15.5. The first-order valence-electron chi connectivity index (χ1n) is 8.92. The standard InChI is InChI=1S/C22H21FN2O4/c1-27-17-9-8-15(20(12-17)28-2)13-25-22(26)21(18-10-11-24-14-19(18)23)29-16-6-4-3-5-7-16/h3-12,14,21H,13H2,1-2H3,(H,25,26)/t21-/m1/s1. The molecule has 0 saturated heterocycles. The Morgan fingerprint density at radius 3 is 2.55 bits per heavy atom. The number of hydrogen-bond acceptors (Lipinski definition) is 5. The van der Waals surface area contributed by atoms with E-state index in [2.05, 4.69) is 10.3 Å². The number of para-hydroxylation sites is 1. The minimum atomic E-state index is -1.18. The van der Waals surface area contributed by atoms with Crippen LogP contribution in [0.4, 0.5) is 4.39 Å². The van der Waals surface area contributed by atoms with Crippen LogP contribution in [0.1, 0.15) is 17.2 Å². The van der Waals surface area contributed by atoms with Gasteiger partial charge in [0.15, 0.2) is 0 Å². The molecule has 1 aromatic heterocycles. The lowest BCUT2D eigenvalue weighted by molar-refractivity contribution is -0.128. The Morgan fingerprint density at radius 2 is 1.86 bits per heavy atom. The minimum absolute atomic E-state index is 0.100. The molecule has 0 unspecified atom stereocenters. The third-order valence-corrected chi connectivity index (χ3v) is 4.27. The van der Waals surface area contributed by atoms with Gasteiger partial charge in [0, 0.05) is 29.9 Å². The molecule has 1 N–H and O–H groups in total. The Kier molecular flexibility index (Phi) is 6.63. The van der Waals surface area contributed by atoms with Crippen molar-refractivity contribution in [2.75, 3.05) is 14.2 Å². The molecule has 0 fully saturated rings. The molecule has 1 atom stereocenters. The van der Waals surface area contributed by atoms with Crippen LogP contribution in [0.2, 0.25) is 0 Å². The zero-order chi connectivity index (χ0) is 20.6. The van der Waals surface area contributed by atoms with E-state index in [-0.39, 0.29) is 12.1 Å². The number of carbonyl (C=O) groups excluding carboxylic acids is 1. The molecule has 29 heavy (non-hydrogen) atoms. The number of nitrogens with one attached hydrogen (secondary N) is 1. The van der Waals surface area contributed by atoms with Crippen molar-refractivity contribution in [3.63, 3.8) is 0 Å². The zero-order valence-corrected chi connectivity index (χ0v) is 16.1. The second kappa shape index (κ2) is 9.54. The molecule has 1 heterocycles. The number of methoxy groups -OCH3 is 2. The lowest BCUT2D eigenvalue weighted by Gasteiger charge is -2.20. The second-order valence-corrected chi connectivity index (χ2v) is 6.10. The van der Waals surface area contributed by atoms with E-state index in [0.717, 1.165) is 11.8 Å². The molecule has 3 aromatic rings. The van der Waals surface area contributed by atoms with Crippen LogP contribution in [0.5, 0.6) is 17.2 Å². The van der Waals surface area contributed by atoms with Gasteiger partial charge < -0.3 is 19.5 Å². The second-order valence-electron chi connectivity index (χ2n) is 6.10. The molecule has 6 nitrogen and oxygen atoms in total. The van der Waals surface area contributed by atoms with Gasteiger partial charge in [-0.3, -0.25) is 9.78 Å². The zero-order valence-electron chi connectivity index (χ0n) is 16.1. The number of rotatable bonds is 8. The maximum absolute atomic E-state index is 14.3. The van der Waals surface area contributed by atoms with E-state index in [1.807, 2.05) is 6.07 Å². The van der Waals surface area contributed by atoms with Gasteiger partial charge in [-0.05, 0) is 30.3 Å². The average molecular weight is 396 g/mol. The summed E-state index contributed by atoms with van der Waals surface area (Å²) in [5.41, 5.74) is 0.846. The van der Waals surface area contributed by atoms with Gasteiger partial charge in [0.2, 0.25) is 6.10 Å². The molecule has 0 aliphatic carbocycles. The van der Waals surface area contributed by atoms with Crippen molar-refractivity contribution < 1.29 is 23.4 Å². The molecule has 150 valence electrons. The Balaban J connectivity index is 1.81. The molecular formula is C22H21FN2O4. The van der Waals surface area contributed by atoms with E-state index in [1.54, 1.807) is 49.6 Å². The van der Waals surface area contributed by atoms with Crippen molar-refractivity contribution in [1.29, 1.82) is 0 Å². The van der Waals surface area contributed by atoms with Gasteiger partial charge in [-0.1, -0.05) is 18.2 Å². The summed E-state index contributed by atoms with van der Waals surface area (Å²) in [4.78, 5) is 16.6. The average Bonchev–Trinajstić information content (AvgIpc) is 2.77. The topological polar surface area (TPSA) is 69.7 Å². The van der Waals surface area contributed by atoms with Gasteiger partial charge in [0.1, 0.15) is 23.1 Å². The van der Waals surface area contributed by atoms with Gasteiger partial charge in [-0.25, -0.2) is 4.39 Å². The predicted octanol–water partition coefficient (Wildman–Crippen LogP) is 3.67. The molecule has 0 aliphatic heterocycles. The third-order valence-electron chi connectivity index (χ3n) is 4.27. The molecule has 0 saturated carbocycles.